The molecule has 0 fully saturated rings. The molecule has 2 rings (SSSR count). The Morgan fingerprint density at radius 3 is 2.35 bits per heavy atom. The molecule has 0 radical (unpaired) electrons. The lowest BCUT2D eigenvalue weighted by Gasteiger charge is -2.14. The number of Topliss-reactive ketones (excluding diaryl/α,β-unsaturated/α-hetero) is 1. The smallest absolute Gasteiger partial charge is 0.186 e. The van der Waals surface area contributed by atoms with Crippen LogP contribution in [0, 0.1) is 5.92 Å². The predicted octanol–water partition coefficient (Wildman–Crippen LogP) is 2.26. The Morgan fingerprint density at radius 1 is 1.13 bits per heavy atom. The van der Waals surface area contributed by atoms with Crippen LogP contribution in [0.15, 0.2) is 41.3 Å². The lowest BCUT2D eigenvalue weighted by molar-refractivity contribution is -0.118. The van der Waals surface area contributed by atoms with Crippen molar-refractivity contribution < 1.29 is 18.3 Å². The van der Waals surface area contributed by atoms with Crippen LogP contribution in [0.25, 0.3) is 10.8 Å². The zero-order valence-corrected chi connectivity index (χ0v) is 14.0. The summed E-state index contributed by atoms with van der Waals surface area (Å²) in [5.74, 6) is -0.903. The van der Waals surface area contributed by atoms with Crippen molar-refractivity contribution in [2.75, 3.05) is 5.75 Å². The van der Waals surface area contributed by atoms with Crippen molar-refractivity contribution in [2.45, 2.75) is 31.2 Å². The molecule has 0 amide bonds. The molecule has 0 unspecified atom stereocenters. The Kier molecular flexibility index (Phi) is 5.06. The number of phenolic OH excluding ortho intramolecular Hbond substituents is 1. The molecule has 6 heteroatoms. The average Bonchev–Trinajstić information content (AvgIpc) is 2.46. The summed E-state index contributed by atoms with van der Waals surface area (Å²) in [7, 11) is -3.82. The molecule has 23 heavy (non-hydrogen) atoms. The Labute approximate surface area is 136 Å². The molecule has 0 aliphatic heterocycles. The second-order valence-corrected chi connectivity index (χ2v) is 8.05. The fourth-order valence-electron chi connectivity index (χ4n) is 2.54. The number of aromatic hydroxyl groups is 1. The Hall–Kier alpha value is -1.92. The summed E-state index contributed by atoms with van der Waals surface area (Å²) < 4.78 is 25.2. The van der Waals surface area contributed by atoms with Gasteiger partial charge < -0.3 is 10.8 Å². The fraction of sp³-hybridized carbons (Fsp3) is 0.353. The lowest BCUT2D eigenvalue weighted by atomic mass is 10.0. The Morgan fingerprint density at radius 2 is 1.74 bits per heavy atom. The monoisotopic (exact) mass is 335 g/mol. The molecule has 0 saturated carbocycles. The van der Waals surface area contributed by atoms with Gasteiger partial charge in [-0.15, -0.1) is 0 Å². The number of carbonyl (C=O) groups excluding carboxylic acids is 1. The van der Waals surface area contributed by atoms with Gasteiger partial charge in [0.05, 0.1) is 10.9 Å². The number of ketones is 1. The molecule has 2 aromatic carbocycles. The van der Waals surface area contributed by atoms with E-state index in [1.165, 1.54) is 12.1 Å². The standard InChI is InChI=1S/C17H21NO4S/c1-11(2)9-14(18)16(20)10-23(21,22)17-8-7-15(19)12-5-3-4-6-13(12)17/h3-8,11,14,19H,9-10,18H2,1-2H3/t14-/m0/s1. The van der Waals surface area contributed by atoms with Gasteiger partial charge in [0.15, 0.2) is 15.6 Å². The first kappa shape index (κ1) is 17.4. The molecule has 0 heterocycles. The van der Waals surface area contributed by atoms with Crippen LogP contribution in [0.3, 0.4) is 0 Å². The topological polar surface area (TPSA) is 97.5 Å². The van der Waals surface area contributed by atoms with Crippen LogP contribution < -0.4 is 5.73 Å². The summed E-state index contributed by atoms with van der Waals surface area (Å²) in [4.78, 5) is 12.2. The predicted molar refractivity (Wildman–Crippen MR) is 90.1 cm³/mol. The number of benzene rings is 2. The van der Waals surface area contributed by atoms with Gasteiger partial charge in [-0.1, -0.05) is 38.1 Å². The summed E-state index contributed by atoms with van der Waals surface area (Å²) in [5, 5.41) is 10.7. The van der Waals surface area contributed by atoms with Gasteiger partial charge in [0, 0.05) is 10.8 Å². The zero-order chi connectivity index (χ0) is 17.2. The molecule has 5 nitrogen and oxygen atoms in total. The molecule has 2 aromatic rings. The molecule has 3 N–H and O–H groups in total. The summed E-state index contributed by atoms with van der Waals surface area (Å²) in [6.07, 6.45) is 0.449. The van der Waals surface area contributed by atoms with E-state index < -0.39 is 27.4 Å². The van der Waals surface area contributed by atoms with E-state index in [4.69, 9.17) is 5.73 Å². The number of phenols is 1. The third kappa shape index (κ3) is 3.89. The number of carbonyl (C=O) groups is 1. The molecular weight excluding hydrogens is 314 g/mol. The van der Waals surface area contributed by atoms with Crippen molar-refractivity contribution >= 4 is 26.4 Å². The SMILES string of the molecule is CC(C)C[C@H](N)C(=O)CS(=O)(=O)c1ccc(O)c2ccccc12. The highest BCUT2D eigenvalue weighted by Gasteiger charge is 2.25. The summed E-state index contributed by atoms with van der Waals surface area (Å²) in [6, 6.07) is 8.52. The van der Waals surface area contributed by atoms with Gasteiger partial charge in [-0.25, -0.2) is 8.42 Å². The second-order valence-electron chi connectivity index (χ2n) is 6.09. The van der Waals surface area contributed by atoms with Crippen molar-refractivity contribution in [1.29, 1.82) is 0 Å². The van der Waals surface area contributed by atoms with Crippen LogP contribution in [0.1, 0.15) is 20.3 Å². The van der Waals surface area contributed by atoms with Crippen molar-refractivity contribution in [3.8, 4) is 5.75 Å². The van der Waals surface area contributed by atoms with Crippen LogP contribution in [-0.4, -0.2) is 31.1 Å². The number of nitrogens with two attached hydrogens (primary N) is 1. The van der Waals surface area contributed by atoms with Crippen LogP contribution in [0.2, 0.25) is 0 Å². The van der Waals surface area contributed by atoms with Crippen LogP contribution in [0.4, 0.5) is 0 Å². The third-order valence-corrected chi connectivity index (χ3v) is 5.36. The number of sulfone groups is 1. The maximum absolute atomic E-state index is 12.6. The van der Waals surface area contributed by atoms with E-state index in [0.717, 1.165) is 0 Å². The van der Waals surface area contributed by atoms with Gasteiger partial charge in [-0.2, -0.15) is 0 Å². The van der Waals surface area contributed by atoms with E-state index in [1.54, 1.807) is 24.3 Å². The fourth-order valence-corrected chi connectivity index (χ4v) is 4.07. The van der Waals surface area contributed by atoms with E-state index in [2.05, 4.69) is 0 Å². The Balaban J connectivity index is 2.38. The minimum Gasteiger partial charge on any atom is -0.507 e. The van der Waals surface area contributed by atoms with Gasteiger partial charge in [0.1, 0.15) is 11.5 Å². The molecular formula is C17H21NO4S. The first-order valence-corrected chi connectivity index (χ1v) is 9.09. The van der Waals surface area contributed by atoms with E-state index in [-0.39, 0.29) is 16.6 Å². The molecule has 0 aromatic heterocycles. The minimum absolute atomic E-state index is 0.00221. The number of hydrogen-bond acceptors (Lipinski definition) is 5. The van der Waals surface area contributed by atoms with E-state index >= 15 is 0 Å². The molecule has 124 valence electrons. The van der Waals surface area contributed by atoms with Gasteiger partial charge in [-0.3, -0.25) is 4.79 Å². The summed E-state index contributed by atoms with van der Waals surface area (Å²) in [5.41, 5.74) is 5.79. The van der Waals surface area contributed by atoms with Gasteiger partial charge in [0.2, 0.25) is 0 Å². The highest BCUT2D eigenvalue weighted by Crippen LogP contribution is 2.30. The first-order valence-electron chi connectivity index (χ1n) is 7.44. The molecule has 0 saturated heterocycles. The molecule has 0 bridgehead atoms. The first-order chi connectivity index (χ1) is 10.7. The van der Waals surface area contributed by atoms with Crippen LogP contribution in [-0.2, 0) is 14.6 Å². The average molecular weight is 335 g/mol. The van der Waals surface area contributed by atoms with Gasteiger partial charge in [0.25, 0.3) is 0 Å². The summed E-state index contributed by atoms with van der Waals surface area (Å²) in [6.45, 7) is 3.85. The summed E-state index contributed by atoms with van der Waals surface area (Å²) >= 11 is 0. The largest absolute Gasteiger partial charge is 0.507 e. The lowest BCUT2D eigenvalue weighted by Crippen LogP contribution is -2.36. The maximum atomic E-state index is 12.6. The normalized spacial score (nSPS) is 13.4. The van der Waals surface area contributed by atoms with Crippen LogP contribution >= 0.6 is 0 Å². The quantitative estimate of drug-likeness (QED) is 0.844. The molecule has 0 aliphatic rings. The second kappa shape index (κ2) is 6.68. The number of hydrogen-bond donors (Lipinski definition) is 2. The molecule has 0 spiro atoms. The van der Waals surface area contributed by atoms with Crippen molar-refractivity contribution in [3.05, 3.63) is 36.4 Å². The van der Waals surface area contributed by atoms with Crippen molar-refractivity contribution in [3.63, 3.8) is 0 Å². The zero-order valence-electron chi connectivity index (χ0n) is 13.2. The minimum atomic E-state index is -3.82. The Bertz CT molecular complexity index is 828. The number of rotatable bonds is 6. The van der Waals surface area contributed by atoms with Gasteiger partial charge in [-0.05, 0) is 24.5 Å². The highest BCUT2D eigenvalue weighted by atomic mass is 32.2. The third-order valence-electron chi connectivity index (χ3n) is 3.67. The molecule has 1 atom stereocenters. The van der Waals surface area contributed by atoms with E-state index in [0.29, 0.717) is 17.2 Å². The van der Waals surface area contributed by atoms with Crippen molar-refractivity contribution in [1.82, 2.24) is 0 Å². The van der Waals surface area contributed by atoms with E-state index in [9.17, 15) is 18.3 Å². The van der Waals surface area contributed by atoms with Gasteiger partial charge >= 0.3 is 0 Å². The molecule has 0 aliphatic carbocycles. The maximum Gasteiger partial charge on any atom is 0.186 e. The van der Waals surface area contributed by atoms with Crippen LogP contribution in [0.5, 0.6) is 5.75 Å². The highest BCUT2D eigenvalue weighted by molar-refractivity contribution is 7.92. The van der Waals surface area contributed by atoms with E-state index in [1.807, 2.05) is 13.8 Å². The van der Waals surface area contributed by atoms with Crippen molar-refractivity contribution in [2.24, 2.45) is 11.7 Å². The number of fused-ring (bicyclic) bond motifs is 1.